The molecular weight excluding hydrogens is 262 g/mol. The predicted molar refractivity (Wildman–Crippen MR) is 69.6 cm³/mol. The third kappa shape index (κ3) is 4.03. The summed E-state index contributed by atoms with van der Waals surface area (Å²) in [4.78, 5) is 25.6. The summed E-state index contributed by atoms with van der Waals surface area (Å²) in [7, 11) is 0. The zero-order valence-electron chi connectivity index (χ0n) is 10.8. The molecule has 20 heavy (non-hydrogen) atoms. The second kappa shape index (κ2) is 6.63. The average molecular weight is 277 g/mol. The van der Waals surface area contributed by atoms with Gasteiger partial charge < -0.3 is 15.1 Å². The van der Waals surface area contributed by atoms with Gasteiger partial charge in [0.25, 0.3) is 5.91 Å². The Balaban J connectivity index is 1.69. The molecule has 8 nitrogen and oxygen atoms in total. The van der Waals surface area contributed by atoms with Crippen molar-refractivity contribution in [3.63, 3.8) is 0 Å². The molecule has 1 aliphatic carbocycles. The number of furan rings is 1. The number of amides is 2. The van der Waals surface area contributed by atoms with Crippen molar-refractivity contribution in [2.24, 2.45) is 11.0 Å². The Bertz CT molecular complexity index is 543. The lowest BCUT2D eigenvalue weighted by molar-refractivity contribution is -0.122. The van der Waals surface area contributed by atoms with Gasteiger partial charge >= 0.3 is 0 Å². The van der Waals surface area contributed by atoms with Gasteiger partial charge in [0.05, 0.1) is 6.54 Å². The van der Waals surface area contributed by atoms with Crippen LogP contribution in [0.25, 0.3) is 10.4 Å². The van der Waals surface area contributed by atoms with Crippen molar-refractivity contribution in [3.05, 3.63) is 34.1 Å². The highest BCUT2D eigenvalue weighted by atomic mass is 16.4. The molecule has 0 radical (unpaired) electrons. The monoisotopic (exact) mass is 277 g/mol. The summed E-state index contributed by atoms with van der Waals surface area (Å²) < 4.78 is 5.21. The maximum atomic E-state index is 11.7. The largest absolute Gasteiger partial charge is 0.456 e. The van der Waals surface area contributed by atoms with Gasteiger partial charge in [-0.05, 0) is 30.5 Å². The molecule has 1 aromatic rings. The molecule has 0 atom stereocenters. The normalized spacial score (nSPS) is 13.4. The van der Waals surface area contributed by atoms with Crippen molar-refractivity contribution >= 4 is 11.8 Å². The molecule has 0 unspecified atom stereocenters. The molecular formula is C12H15N5O3. The van der Waals surface area contributed by atoms with E-state index in [4.69, 9.17) is 9.95 Å². The van der Waals surface area contributed by atoms with Gasteiger partial charge in [-0.15, -0.1) is 0 Å². The second-order valence-electron chi connectivity index (χ2n) is 4.48. The minimum absolute atomic E-state index is 0.0499. The van der Waals surface area contributed by atoms with Gasteiger partial charge in [-0.25, -0.2) is 0 Å². The minimum atomic E-state index is -0.363. The van der Waals surface area contributed by atoms with Crippen molar-refractivity contribution in [1.82, 2.24) is 10.6 Å². The molecule has 2 rings (SSSR count). The van der Waals surface area contributed by atoms with Crippen LogP contribution in [-0.2, 0) is 11.3 Å². The highest BCUT2D eigenvalue weighted by molar-refractivity contribution is 5.91. The first-order valence-electron chi connectivity index (χ1n) is 6.36. The summed E-state index contributed by atoms with van der Waals surface area (Å²) in [6.45, 7) is 0.804. The SMILES string of the molecule is [N-]=[N+]=NCc1ccc(C(=O)NCCNC(=O)C2CC2)o1. The number of nitrogens with zero attached hydrogens (tertiary/aromatic N) is 3. The van der Waals surface area contributed by atoms with E-state index in [9.17, 15) is 9.59 Å². The summed E-state index contributed by atoms with van der Waals surface area (Å²) in [6, 6.07) is 3.10. The number of hydrogen-bond donors (Lipinski definition) is 2. The molecule has 1 aromatic heterocycles. The number of nitrogens with one attached hydrogen (secondary N) is 2. The smallest absolute Gasteiger partial charge is 0.287 e. The standard InChI is InChI=1S/C12H15N5O3/c13-17-16-7-9-3-4-10(20-9)12(19)15-6-5-14-11(18)8-1-2-8/h3-4,8H,1-2,5-7H2,(H,14,18)(H,15,19). The highest BCUT2D eigenvalue weighted by Crippen LogP contribution is 2.28. The van der Waals surface area contributed by atoms with Crippen LogP contribution in [0, 0.1) is 5.92 Å². The van der Waals surface area contributed by atoms with Gasteiger partial charge in [0, 0.05) is 23.9 Å². The van der Waals surface area contributed by atoms with Crippen molar-refractivity contribution in [2.75, 3.05) is 13.1 Å². The van der Waals surface area contributed by atoms with Crippen LogP contribution in [0.2, 0.25) is 0 Å². The summed E-state index contributed by atoms with van der Waals surface area (Å²) in [5, 5.41) is 8.72. The van der Waals surface area contributed by atoms with Crippen LogP contribution in [0.3, 0.4) is 0 Å². The first kappa shape index (κ1) is 14.0. The maximum absolute atomic E-state index is 11.7. The first-order valence-corrected chi connectivity index (χ1v) is 6.36. The second-order valence-corrected chi connectivity index (χ2v) is 4.48. The van der Waals surface area contributed by atoms with Crippen LogP contribution < -0.4 is 10.6 Å². The van der Waals surface area contributed by atoms with Crippen LogP contribution in [-0.4, -0.2) is 24.9 Å². The molecule has 1 aliphatic rings. The quantitative estimate of drug-likeness (QED) is 0.338. The van der Waals surface area contributed by atoms with Crippen LogP contribution >= 0.6 is 0 Å². The molecule has 0 saturated heterocycles. The fourth-order valence-corrected chi connectivity index (χ4v) is 1.62. The summed E-state index contributed by atoms with van der Waals surface area (Å²) in [5.74, 6) is 0.433. The topological polar surface area (TPSA) is 120 Å². The zero-order chi connectivity index (χ0) is 14.4. The Morgan fingerprint density at radius 3 is 2.80 bits per heavy atom. The summed E-state index contributed by atoms with van der Waals surface area (Å²) in [6.07, 6.45) is 1.91. The van der Waals surface area contributed by atoms with Gasteiger partial charge in [-0.1, -0.05) is 5.11 Å². The van der Waals surface area contributed by atoms with E-state index in [1.54, 1.807) is 6.07 Å². The van der Waals surface area contributed by atoms with Crippen LogP contribution in [0.1, 0.15) is 29.2 Å². The number of carbonyl (C=O) groups excluding carboxylic acids is 2. The Morgan fingerprint density at radius 2 is 2.10 bits per heavy atom. The molecule has 0 aromatic carbocycles. The Morgan fingerprint density at radius 1 is 1.35 bits per heavy atom. The molecule has 0 bridgehead atoms. The number of carbonyl (C=O) groups is 2. The van der Waals surface area contributed by atoms with Crippen LogP contribution in [0.15, 0.2) is 21.7 Å². The van der Waals surface area contributed by atoms with Gasteiger partial charge in [0.15, 0.2) is 5.76 Å². The van der Waals surface area contributed by atoms with E-state index in [0.29, 0.717) is 18.8 Å². The lowest BCUT2D eigenvalue weighted by Crippen LogP contribution is -2.35. The van der Waals surface area contributed by atoms with Crippen molar-refractivity contribution in [3.8, 4) is 0 Å². The minimum Gasteiger partial charge on any atom is -0.456 e. The predicted octanol–water partition coefficient (Wildman–Crippen LogP) is 1.35. The summed E-state index contributed by atoms with van der Waals surface area (Å²) >= 11 is 0. The van der Waals surface area contributed by atoms with Gasteiger partial charge in [-0.3, -0.25) is 9.59 Å². The highest BCUT2D eigenvalue weighted by Gasteiger charge is 2.28. The molecule has 106 valence electrons. The van der Waals surface area contributed by atoms with Crippen molar-refractivity contribution in [2.45, 2.75) is 19.4 Å². The molecule has 2 N–H and O–H groups in total. The lowest BCUT2D eigenvalue weighted by Gasteiger charge is -2.05. The Labute approximate surface area is 115 Å². The van der Waals surface area contributed by atoms with E-state index >= 15 is 0 Å². The number of rotatable bonds is 7. The van der Waals surface area contributed by atoms with Crippen molar-refractivity contribution in [1.29, 1.82) is 0 Å². The zero-order valence-corrected chi connectivity index (χ0v) is 10.8. The van der Waals surface area contributed by atoms with E-state index < -0.39 is 0 Å². The molecule has 1 saturated carbocycles. The molecule has 0 spiro atoms. The van der Waals surface area contributed by atoms with Gasteiger partial charge in [0.1, 0.15) is 5.76 Å². The van der Waals surface area contributed by atoms with E-state index in [0.717, 1.165) is 12.8 Å². The number of hydrogen-bond acceptors (Lipinski definition) is 4. The molecule has 1 fully saturated rings. The van der Waals surface area contributed by atoms with Gasteiger partial charge in [-0.2, -0.15) is 0 Å². The fourth-order valence-electron chi connectivity index (χ4n) is 1.62. The Hall–Kier alpha value is -2.47. The van der Waals surface area contributed by atoms with E-state index in [-0.39, 0.29) is 30.0 Å². The average Bonchev–Trinajstić information content (AvgIpc) is 3.19. The fraction of sp³-hybridized carbons (Fsp3) is 0.500. The molecule has 0 aliphatic heterocycles. The lowest BCUT2D eigenvalue weighted by atomic mass is 10.4. The third-order valence-corrected chi connectivity index (χ3v) is 2.83. The van der Waals surface area contributed by atoms with Crippen LogP contribution in [0.5, 0.6) is 0 Å². The van der Waals surface area contributed by atoms with Crippen LogP contribution in [0.4, 0.5) is 0 Å². The van der Waals surface area contributed by atoms with Gasteiger partial charge in [0.2, 0.25) is 5.91 Å². The first-order chi connectivity index (χ1) is 9.70. The van der Waals surface area contributed by atoms with E-state index in [1.807, 2.05) is 0 Å². The molecule has 8 heteroatoms. The summed E-state index contributed by atoms with van der Waals surface area (Å²) in [5.41, 5.74) is 8.18. The molecule has 1 heterocycles. The van der Waals surface area contributed by atoms with E-state index in [1.165, 1.54) is 6.07 Å². The molecule has 2 amide bonds. The van der Waals surface area contributed by atoms with E-state index in [2.05, 4.69) is 20.7 Å². The Kier molecular flexibility index (Phi) is 4.62. The third-order valence-electron chi connectivity index (χ3n) is 2.83. The van der Waals surface area contributed by atoms with Crippen molar-refractivity contribution < 1.29 is 14.0 Å². The maximum Gasteiger partial charge on any atom is 0.287 e. The number of azide groups is 1.